The van der Waals surface area contributed by atoms with Crippen LogP contribution in [0.25, 0.3) is 55.8 Å². The number of amides is 2. The highest BCUT2D eigenvalue weighted by Crippen LogP contribution is 2.33. The van der Waals surface area contributed by atoms with E-state index in [0.29, 0.717) is 28.4 Å². The second-order valence-electron chi connectivity index (χ2n) is 10.4. The van der Waals surface area contributed by atoms with Crippen molar-refractivity contribution in [2.75, 3.05) is 19.4 Å². The normalized spacial score (nSPS) is 11.3. The van der Waals surface area contributed by atoms with Crippen LogP contribution in [0.15, 0.2) is 73.2 Å². The third-order valence-electron chi connectivity index (χ3n) is 6.87. The van der Waals surface area contributed by atoms with Crippen molar-refractivity contribution < 1.29 is 9.59 Å². The molecule has 0 radical (unpaired) electrons. The second kappa shape index (κ2) is 10.3. The van der Waals surface area contributed by atoms with Gasteiger partial charge in [-0.15, -0.1) is 0 Å². The van der Waals surface area contributed by atoms with Crippen molar-refractivity contribution in [2.24, 2.45) is 5.92 Å². The van der Waals surface area contributed by atoms with Gasteiger partial charge in [-0.05, 0) is 35.9 Å². The molecule has 204 valence electrons. The average Bonchev–Trinajstić information content (AvgIpc) is 3.60. The molecule has 10 nitrogen and oxygen atoms in total. The SMILES string of the molecule is CC(C)C(=O)Nc1cncc(-c2cnc3n[nH]c(-c4nc5c(-c6ccc(C(=O)N(C)C)cc6)cccc5[nH]4)c3c2)c1. The van der Waals surface area contributed by atoms with Gasteiger partial charge in [0.25, 0.3) is 5.91 Å². The zero-order valence-corrected chi connectivity index (χ0v) is 23.1. The van der Waals surface area contributed by atoms with E-state index in [0.717, 1.165) is 38.7 Å². The van der Waals surface area contributed by atoms with Crippen LogP contribution in [-0.2, 0) is 4.79 Å². The van der Waals surface area contributed by atoms with Gasteiger partial charge in [0.15, 0.2) is 11.5 Å². The summed E-state index contributed by atoms with van der Waals surface area (Å²) in [4.78, 5) is 43.3. The first kappa shape index (κ1) is 25.9. The minimum atomic E-state index is -0.138. The summed E-state index contributed by atoms with van der Waals surface area (Å²) in [6.07, 6.45) is 5.09. The highest BCUT2D eigenvalue weighted by atomic mass is 16.2. The minimum Gasteiger partial charge on any atom is -0.345 e. The quantitative estimate of drug-likeness (QED) is 0.253. The Morgan fingerprint density at radius 3 is 2.46 bits per heavy atom. The number of anilines is 1. The maximum Gasteiger partial charge on any atom is 0.253 e. The molecule has 3 N–H and O–H groups in total. The zero-order chi connectivity index (χ0) is 28.7. The summed E-state index contributed by atoms with van der Waals surface area (Å²) >= 11 is 0. The molecule has 6 aromatic rings. The van der Waals surface area contributed by atoms with Gasteiger partial charge in [0.2, 0.25) is 5.91 Å². The summed E-state index contributed by atoms with van der Waals surface area (Å²) in [5, 5.41) is 11.2. The molecule has 2 aromatic carbocycles. The van der Waals surface area contributed by atoms with Gasteiger partial charge in [-0.25, -0.2) is 9.97 Å². The Morgan fingerprint density at radius 1 is 0.927 bits per heavy atom. The number of imidazole rings is 1. The molecule has 41 heavy (non-hydrogen) atoms. The first-order valence-electron chi connectivity index (χ1n) is 13.2. The second-order valence-corrected chi connectivity index (χ2v) is 10.4. The van der Waals surface area contributed by atoms with Gasteiger partial charge >= 0.3 is 0 Å². The Morgan fingerprint density at radius 2 is 1.71 bits per heavy atom. The van der Waals surface area contributed by atoms with Gasteiger partial charge in [-0.3, -0.25) is 19.7 Å². The van der Waals surface area contributed by atoms with Crippen LogP contribution < -0.4 is 5.32 Å². The number of carbonyl (C=O) groups is 2. The molecular weight excluding hydrogens is 516 g/mol. The summed E-state index contributed by atoms with van der Waals surface area (Å²) in [6.45, 7) is 3.69. The van der Waals surface area contributed by atoms with Crippen LogP contribution in [0.3, 0.4) is 0 Å². The van der Waals surface area contributed by atoms with Crippen molar-refractivity contribution in [3.05, 3.63) is 78.8 Å². The predicted octanol–water partition coefficient (Wildman–Crippen LogP) is 5.53. The van der Waals surface area contributed by atoms with Crippen molar-refractivity contribution in [3.63, 3.8) is 0 Å². The van der Waals surface area contributed by atoms with Crippen molar-refractivity contribution >= 4 is 39.6 Å². The molecule has 0 atom stereocenters. The molecule has 0 unspecified atom stereocenters. The molecule has 0 aliphatic heterocycles. The van der Waals surface area contributed by atoms with Gasteiger partial charge in [-0.1, -0.05) is 38.1 Å². The molecule has 0 saturated heterocycles. The summed E-state index contributed by atoms with van der Waals surface area (Å²) in [5.41, 5.74) is 7.75. The molecule has 4 aromatic heterocycles. The first-order chi connectivity index (χ1) is 19.8. The van der Waals surface area contributed by atoms with Gasteiger partial charge in [0, 0.05) is 54.7 Å². The molecule has 0 bridgehead atoms. The van der Waals surface area contributed by atoms with Crippen molar-refractivity contribution in [1.29, 1.82) is 0 Å². The molecule has 0 aliphatic rings. The largest absolute Gasteiger partial charge is 0.345 e. The van der Waals surface area contributed by atoms with E-state index in [9.17, 15) is 9.59 Å². The molecule has 4 heterocycles. The number of carbonyl (C=O) groups excluding carboxylic acids is 2. The van der Waals surface area contributed by atoms with Gasteiger partial charge in [0.05, 0.1) is 28.3 Å². The molecule has 0 fully saturated rings. The molecule has 6 rings (SSSR count). The highest BCUT2D eigenvalue weighted by molar-refractivity contribution is 5.99. The Balaban J connectivity index is 1.37. The number of aromatic amines is 2. The van der Waals surface area contributed by atoms with E-state index in [2.05, 4.69) is 30.5 Å². The van der Waals surface area contributed by atoms with E-state index >= 15 is 0 Å². The number of H-pyrrole nitrogens is 2. The molecule has 0 aliphatic carbocycles. The van der Waals surface area contributed by atoms with Crippen molar-refractivity contribution in [3.8, 4) is 33.8 Å². The van der Waals surface area contributed by atoms with Crippen LogP contribution in [0.2, 0.25) is 0 Å². The standard InChI is InChI=1S/C31H28N8O2/c1-17(2)30(40)34-22-12-20(14-32-16-22)21-13-24-27(37-38-28(24)33-15-21)29-35-25-7-5-6-23(26(25)36-29)18-8-10-19(11-9-18)31(41)39(3)4/h5-17H,1-4H3,(H,34,40)(H,35,36)(H,33,37,38). The highest BCUT2D eigenvalue weighted by Gasteiger charge is 2.17. The lowest BCUT2D eigenvalue weighted by Crippen LogP contribution is -2.21. The Bertz CT molecular complexity index is 1920. The summed E-state index contributed by atoms with van der Waals surface area (Å²) < 4.78 is 0. The lowest BCUT2D eigenvalue weighted by atomic mass is 10.0. The third kappa shape index (κ3) is 4.91. The van der Waals surface area contributed by atoms with E-state index in [1.807, 2.05) is 68.4 Å². The van der Waals surface area contributed by atoms with Crippen LogP contribution in [0.5, 0.6) is 0 Å². The Kier molecular flexibility index (Phi) is 6.50. The minimum absolute atomic E-state index is 0.0428. The number of fused-ring (bicyclic) bond motifs is 2. The summed E-state index contributed by atoms with van der Waals surface area (Å²) in [7, 11) is 3.47. The van der Waals surface area contributed by atoms with Crippen LogP contribution in [-0.4, -0.2) is 60.9 Å². The zero-order valence-electron chi connectivity index (χ0n) is 23.1. The number of aromatic nitrogens is 6. The van der Waals surface area contributed by atoms with E-state index in [-0.39, 0.29) is 17.7 Å². The summed E-state index contributed by atoms with van der Waals surface area (Å²) in [5.74, 6) is 0.376. The van der Waals surface area contributed by atoms with E-state index in [1.165, 1.54) is 0 Å². The van der Waals surface area contributed by atoms with Gasteiger partial charge in [0.1, 0.15) is 5.69 Å². The lowest BCUT2D eigenvalue weighted by Gasteiger charge is -2.10. The number of para-hydroxylation sites is 1. The van der Waals surface area contributed by atoms with E-state index in [1.54, 1.807) is 37.6 Å². The number of benzene rings is 2. The Labute approximate surface area is 235 Å². The molecule has 0 saturated carbocycles. The monoisotopic (exact) mass is 544 g/mol. The van der Waals surface area contributed by atoms with E-state index < -0.39 is 0 Å². The van der Waals surface area contributed by atoms with Gasteiger partial charge in [-0.2, -0.15) is 5.10 Å². The predicted molar refractivity (Wildman–Crippen MR) is 159 cm³/mol. The van der Waals surface area contributed by atoms with Crippen LogP contribution in [0.1, 0.15) is 24.2 Å². The number of hydrogen-bond acceptors (Lipinski definition) is 6. The fourth-order valence-corrected chi connectivity index (χ4v) is 4.62. The van der Waals surface area contributed by atoms with Crippen molar-refractivity contribution in [1.82, 2.24) is 35.0 Å². The van der Waals surface area contributed by atoms with Gasteiger partial charge < -0.3 is 15.2 Å². The molecule has 0 spiro atoms. The molecule has 10 heteroatoms. The average molecular weight is 545 g/mol. The Hall–Kier alpha value is -5.38. The van der Waals surface area contributed by atoms with Crippen LogP contribution >= 0.6 is 0 Å². The maximum absolute atomic E-state index is 12.3. The number of nitrogens with zero attached hydrogens (tertiary/aromatic N) is 5. The maximum atomic E-state index is 12.3. The fourth-order valence-electron chi connectivity index (χ4n) is 4.62. The summed E-state index contributed by atoms with van der Waals surface area (Å²) in [6, 6.07) is 17.4. The smallest absolute Gasteiger partial charge is 0.253 e. The first-order valence-corrected chi connectivity index (χ1v) is 13.2. The number of pyridine rings is 2. The fraction of sp³-hybridized carbons (Fsp3) is 0.161. The van der Waals surface area contributed by atoms with E-state index in [4.69, 9.17) is 4.98 Å². The molecular formula is C31H28N8O2. The van der Waals surface area contributed by atoms with Crippen LogP contribution in [0.4, 0.5) is 5.69 Å². The topological polar surface area (TPSA) is 133 Å². The lowest BCUT2D eigenvalue weighted by molar-refractivity contribution is -0.118. The third-order valence-corrected chi connectivity index (χ3v) is 6.87. The number of hydrogen-bond donors (Lipinski definition) is 3. The number of nitrogens with one attached hydrogen (secondary N) is 3. The number of rotatable bonds is 6. The molecule has 2 amide bonds. The van der Waals surface area contributed by atoms with Crippen molar-refractivity contribution in [2.45, 2.75) is 13.8 Å². The van der Waals surface area contributed by atoms with Crippen LogP contribution in [0, 0.1) is 5.92 Å².